The lowest BCUT2D eigenvalue weighted by molar-refractivity contribution is -0.139. The van der Waals surface area contributed by atoms with Crippen molar-refractivity contribution in [3.05, 3.63) is 53.9 Å². The number of carboxylic acids is 1. The van der Waals surface area contributed by atoms with Crippen LogP contribution in [0.3, 0.4) is 0 Å². The molecule has 0 saturated carbocycles. The van der Waals surface area contributed by atoms with Gasteiger partial charge < -0.3 is 14.6 Å². The van der Waals surface area contributed by atoms with Crippen molar-refractivity contribution in [2.45, 2.75) is 6.92 Å². The minimum absolute atomic E-state index is 0.306. The summed E-state index contributed by atoms with van der Waals surface area (Å²) in [5, 5.41) is 12.7. The Labute approximate surface area is 144 Å². The van der Waals surface area contributed by atoms with E-state index in [2.05, 4.69) is 15.5 Å². The van der Waals surface area contributed by atoms with Crippen LogP contribution in [0.5, 0.6) is 11.5 Å². The molecule has 1 aromatic carbocycles. The predicted molar refractivity (Wildman–Crippen MR) is 90.0 cm³/mol. The number of benzene rings is 1. The average Bonchev–Trinajstić information content (AvgIpc) is 2.64. The highest BCUT2D eigenvalue weighted by Gasteiger charge is 2.10. The van der Waals surface area contributed by atoms with Crippen LogP contribution in [0.2, 0.25) is 0 Å². The number of hydrogen-bond donors (Lipinski definition) is 2. The van der Waals surface area contributed by atoms with E-state index in [1.165, 1.54) is 13.3 Å². The van der Waals surface area contributed by atoms with E-state index in [1.54, 1.807) is 43.5 Å². The maximum Gasteiger partial charge on any atom is 0.341 e. The van der Waals surface area contributed by atoms with E-state index < -0.39 is 12.6 Å². The van der Waals surface area contributed by atoms with Crippen LogP contribution in [0.15, 0.2) is 47.8 Å². The monoisotopic (exact) mass is 343 g/mol. The van der Waals surface area contributed by atoms with Crippen LogP contribution in [0.1, 0.15) is 22.8 Å². The molecule has 1 heterocycles. The van der Waals surface area contributed by atoms with Crippen LogP contribution in [0.25, 0.3) is 0 Å². The maximum atomic E-state index is 11.9. The summed E-state index contributed by atoms with van der Waals surface area (Å²) in [6, 6.07) is 8.21. The van der Waals surface area contributed by atoms with Gasteiger partial charge in [0, 0.05) is 18.0 Å². The van der Waals surface area contributed by atoms with E-state index in [0.29, 0.717) is 28.3 Å². The third-order valence-corrected chi connectivity index (χ3v) is 3.18. The minimum Gasteiger partial charge on any atom is -0.493 e. The van der Waals surface area contributed by atoms with Crippen molar-refractivity contribution in [2.75, 3.05) is 13.7 Å². The molecule has 1 amide bonds. The second-order valence-corrected chi connectivity index (χ2v) is 4.93. The van der Waals surface area contributed by atoms with Crippen LogP contribution in [-0.2, 0) is 4.79 Å². The molecule has 0 bridgehead atoms. The summed E-state index contributed by atoms with van der Waals surface area (Å²) in [6.07, 6.45) is 3.02. The number of hydrazone groups is 1. The Morgan fingerprint density at radius 1 is 1.24 bits per heavy atom. The summed E-state index contributed by atoms with van der Waals surface area (Å²) in [4.78, 5) is 26.4. The van der Waals surface area contributed by atoms with Gasteiger partial charge in [0.25, 0.3) is 5.91 Å². The van der Waals surface area contributed by atoms with E-state index in [-0.39, 0.29) is 5.91 Å². The highest BCUT2D eigenvalue weighted by molar-refractivity contribution is 6.01. The lowest BCUT2D eigenvalue weighted by Gasteiger charge is -2.11. The molecule has 0 fully saturated rings. The molecule has 8 heteroatoms. The van der Waals surface area contributed by atoms with Crippen molar-refractivity contribution < 1.29 is 24.2 Å². The van der Waals surface area contributed by atoms with Crippen LogP contribution >= 0.6 is 0 Å². The molecule has 0 radical (unpaired) electrons. The molecule has 0 unspecified atom stereocenters. The number of aliphatic carboxylic acids is 1. The zero-order valence-corrected chi connectivity index (χ0v) is 13.7. The number of carbonyl (C=O) groups is 2. The smallest absolute Gasteiger partial charge is 0.341 e. The van der Waals surface area contributed by atoms with E-state index in [1.807, 2.05) is 0 Å². The number of methoxy groups -OCH3 is 1. The van der Waals surface area contributed by atoms with Crippen molar-refractivity contribution in [3.8, 4) is 11.5 Å². The maximum absolute atomic E-state index is 11.9. The fourth-order valence-corrected chi connectivity index (χ4v) is 1.91. The van der Waals surface area contributed by atoms with Gasteiger partial charge in [-0.25, -0.2) is 10.2 Å². The number of amides is 1. The lowest BCUT2D eigenvalue weighted by Crippen LogP contribution is -2.19. The minimum atomic E-state index is -1.08. The highest BCUT2D eigenvalue weighted by atomic mass is 16.5. The Bertz CT molecular complexity index is 790. The number of pyridine rings is 1. The first-order valence-electron chi connectivity index (χ1n) is 7.29. The van der Waals surface area contributed by atoms with E-state index in [0.717, 1.165) is 0 Å². The summed E-state index contributed by atoms with van der Waals surface area (Å²) < 4.78 is 10.3. The van der Waals surface area contributed by atoms with Crippen LogP contribution < -0.4 is 14.9 Å². The van der Waals surface area contributed by atoms with Crippen molar-refractivity contribution in [2.24, 2.45) is 5.10 Å². The van der Waals surface area contributed by atoms with E-state index >= 15 is 0 Å². The topological polar surface area (TPSA) is 110 Å². The summed E-state index contributed by atoms with van der Waals surface area (Å²) in [7, 11) is 1.45. The number of hydrogen-bond acceptors (Lipinski definition) is 6. The number of aromatic nitrogens is 1. The number of carbonyl (C=O) groups excluding carboxylic acids is 1. The highest BCUT2D eigenvalue weighted by Crippen LogP contribution is 2.28. The first-order valence-corrected chi connectivity index (χ1v) is 7.29. The van der Waals surface area contributed by atoms with Gasteiger partial charge in [0.2, 0.25) is 0 Å². The summed E-state index contributed by atoms with van der Waals surface area (Å²) in [6.45, 7) is 1.25. The molecule has 2 N–H and O–H groups in total. The molecule has 8 nitrogen and oxygen atoms in total. The normalized spacial score (nSPS) is 10.9. The van der Waals surface area contributed by atoms with E-state index in [9.17, 15) is 9.59 Å². The molecule has 0 aliphatic rings. The number of rotatable bonds is 7. The molecular formula is C17H17N3O5. The average molecular weight is 343 g/mol. The third kappa shape index (κ3) is 5.03. The van der Waals surface area contributed by atoms with Crippen molar-refractivity contribution in [1.29, 1.82) is 0 Å². The predicted octanol–water partition coefficient (Wildman–Crippen LogP) is 1.71. The molecule has 0 atom stereocenters. The number of ether oxygens (including phenoxy) is 2. The third-order valence-electron chi connectivity index (χ3n) is 3.18. The zero-order chi connectivity index (χ0) is 18.2. The molecule has 0 saturated heterocycles. The first kappa shape index (κ1) is 17.9. The quantitative estimate of drug-likeness (QED) is 0.585. The Balaban J connectivity index is 2.11. The van der Waals surface area contributed by atoms with Gasteiger partial charge in [0.15, 0.2) is 18.1 Å². The van der Waals surface area contributed by atoms with Crippen LogP contribution in [-0.4, -0.2) is 41.4 Å². The number of nitrogens with one attached hydrogen (secondary N) is 1. The van der Waals surface area contributed by atoms with Gasteiger partial charge >= 0.3 is 5.97 Å². The van der Waals surface area contributed by atoms with Gasteiger partial charge in [-0.3, -0.25) is 9.78 Å². The number of carboxylic acid groups (broad SMARTS) is 1. The molecule has 0 aliphatic carbocycles. The lowest BCUT2D eigenvalue weighted by atomic mass is 10.1. The van der Waals surface area contributed by atoms with Crippen LogP contribution in [0, 0.1) is 0 Å². The molecule has 25 heavy (non-hydrogen) atoms. The Kier molecular flexibility index (Phi) is 6.05. The summed E-state index contributed by atoms with van der Waals surface area (Å²) in [5.74, 6) is -0.782. The molecule has 0 spiro atoms. The fraction of sp³-hybridized carbons (Fsp3) is 0.176. The largest absolute Gasteiger partial charge is 0.493 e. The SMILES string of the molecule is COc1cc(/C(C)=N\NC(=O)c2cccnc2)ccc1OCC(=O)O. The standard InChI is InChI=1S/C17H17N3O5/c1-11(19-20-17(23)13-4-3-7-18-9-13)12-5-6-14(15(8-12)24-2)25-10-16(21)22/h3-9H,10H2,1-2H3,(H,20,23)(H,21,22)/b19-11-. The Hall–Kier alpha value is -3.42. The van der Waals surface area contributed by atoms with Gasteiger partial charge in [-0.1, -0.05) is 0 Å². The van der Waals surface area contributed by atoms with Gasteiger partial charge in [-0.2, -0.15) is 5.10 Å². The fourth-order valence-electron chi connectivity index (χ4n) is 1.91. The molecule has 2 aromatic rings. The van der Waals surface area contributed by atoms with Crippen molar-refractivity contribution in [1.82, 2.24) is 10.4 Å². The Morgan fingerprint density at radius 2 is 2.04 bits per heavy atom. The van der Waals surface area contributed by atoms with Crippen molar-refractivity contribution in [3.63, 3.8) is 0 Å². The van der Waals surface area contributed by atoms with Gasteiger partial charge in [0.1, 0.15) is 0 Å². The molecule has 130 valence electrons. The zero-order valence-electron chi connectivity index (χ0n) is 13.7. The van der Waals surface area contributed by atoms with Crippen molar-refractivity contribution >= 4 is 17.6 Å². The molecule has 0 aliphatic heterocycles. The summed E-state index contributed by atoms with van der Waals surface area (Å²) in [5.41, 5.74) is 4.07. The number of nitrogens with zero attached hydrogens (tertiary/aromatic N) is 2. The Morgan fingerprint density at radius 3 is 2.68 bits per heavy atom. The first-order chi connectivity index (χ1) is 12.0. The second kappa shape index (κ2) is 8.44. The molecular weight excluding hydrogens is 326 g/mol. The molecule has 1 aromatic heterocycles. The van der Waals surface area contributed by atoms with E-state index in [4.69, 9.17) is 14.6 Å². The summed E-state index contributed by atoms with van der Waals surface area (Å²) >= 11 is 0. The van der Waals surface area contributed by atoms with Gasteiger partial charge in [-0.05, 0) is 37.3 Å². The second-order valence-electron chi connectivity index (χ2n) is 4.93. The van der Waals surface area contributed by atoms with Gasteiger partial charge in [0.05, 0.1) is 18.4 Å². The van der Waals surface area contributed by atoms with Gasteiger partial charge in [-0.15, -0.1) is 0 Å². The molecule has 2 rings (SSSR count). The van der Waals surface area contributed by atoms with Crippen LogP contribution in [0.4, 0.5) is 0 Å².